The fraction of sp³-hybridized carbons (Fsp3) is 0.238. The normalized spacial score (nSPS) is 14.0. The molecule has 142 valence electrons. The number of piperazine rings is 1. The molecule has 0 aliphatic carbocycles. The van der Waals surface area contributed by atoms with Gasteiger partial charge in [-0.15, -0.1) is 0 Å². The van der Waals surface area contributed by atoms with Crippen molar-refractivity contribution < 1.29 is 4.79 Å². The number of hydrogen-bond donors (Lipinski definition) is 1. The van der Waals surface area contributed by atoms with Crippen molar-refractivity contribution in [1.82, 2.24) is 20.3 Å². The van der Waals surface area contributed by atoms with Gasteiger partial charge in [0.15, 0.2) is 0 Å². The molecular formula is C21H22N6O. The Kier molecular flexibility index (Phi) is 5.42. The zero-order valence-corrected chi connectivity index (χ0v) is 15.5. The van der Waals surface area contributed by atoms with Crippen LogP contribution in [-0.4, -0.2) is 47.0 Å². The van der Waals surface area contributed by atoms with Gasteiger partial charge in [0.2, 0.25) is 5.95 Å². The SMILES string of the molecule is O=C(NCc1ccccc1)c1ccnc(N2CCN(c3ncccn3)CC2)c1. The van der Waals surface area contributed by atoms with Crippen LogP contribution in [0.15, 0.2) is 67.1 Å². The lowest BCUT2D eigenvalue weighted by atomic mass is 10.2. The minimum Gasteiger partial charge on any atom is -0.353 e. The van der Waals surface area contributed by atoms with Crippen LogP contribution in [0.1, 0.15) is 15.9 Å². The first-order valence-electron chi connectivity index (χ1n) is 9.35. The van der Waals surface area contributed by atoms with Gasteiger partial charge in [0.25, 0.3) is 5.91 Å². The first-order valence-corrected chi connectivity index (χ1v) is 9.35. The summed E-state index contributed by atoms with van der Waals surface area (Å²) in [6, 6.07) is 15.3. The molecule has 1 saturated heterocycles. The minimum absolute atomic E-state index is 0.0937. The lowest BCUT2D eigenvalue weighted by Gasteiger charge is -2.35. The van der Waals surface area contributed by atoms with Gasteiger partial charge in [-0.25, -0.2) is 15.0 Å². The average Bonchev–Trinajstić information content (AvgIpc) is 2.79. The van der Waals surface area contributed by atoms with Gasteiger partial charge in [0, 0.05) is 56.9 Å². The molecular weight excluding hydrogens is 352 g/mol. The minimum atomic E-state index is -0.0937. The van der Waals surface area contributed by atoms with E-state index in [9.17, 15) is 4.79 Å². The summed E-state index contributed by atoms with van der Waals surface area (Å²) in [5.41, 5.74) is 1.69. The molecule has 2 aromatic heterocycles. The van der Waals surface area contributed by atoms with Gasteiger partial charge in [0.1, 0.15) is 5.82 Å². The number of benzene rings is 1. The molecule has 1 N–H and O–H groups in total. The Balaban J connectivity index is 1.37. The third-order valence-corrected chi connectivity index (χ3v) is 4.74. The van der Waals surface area contributed by atoms with E-state index in [-0.39, 0.29) is 5.91 Å². The van der Waals surface area contributed by atoms with Gasteiger partial charge in [-0.05, 0) is 23.8 Å². The van der Waals surface area contributed by atoms with E-state index >= 15 is 0 Å². The highest BCUT2D eigenvalue weighted by Gasteiger charge is 2.20. The maximum absolute atomic E-state index is 12.5. The molecule has 3 heterocycles. The number of rotatable bonds is 5. The molecule has 1 amide bonds. The molecule has 1 aromatic carbocycles. The van der Waals surface area contributed by atoms with Crippen LogP contribution in [0.2, 0.25) is 0 Å². The van der Waals surface area contributed by atoms with Gasteiger partial charge in [-0.2, -0.15) is 0 Å². The molecule has 0 saturated carbocycles. The van der Waals surface area contributed by atoms with Crippen molar-refractivity contribution in [2.75, 3.05) is 36.0 Å². The maximum atomic E-state index is 12.5. The Morgan fingerprint density at radius 1 is 0.857 bits per heavy atom. The van der Waals surface area contributed by atoms with Crippen LogP contribution < -0.4 is 15.1 Å². The Labute approximate surface area is 164 Å². The van der Waals surface area contributed by atoms with Crippen LogP contribution in [-0.2, 0) is 6.54 Å². The number of carbonyl (C=O) groups excluding carboxylic acids is 1. The van der Waals surface area contributed by atoms with E-state index in [1.807, 2.05) is 42.5 Å². The van der Waals surface area contributed by atoms with Crippen LogP contribution in [0.4, 0.5) is 11.8 Å². The van der Waals surface area contributed by atoms with Crippen molar-refractivity contribution in [2.24, 2.45) is 0 Å². The van der Waals surface area contributed by atoms with E-state index in [0.29, 0.717) is 12.1 Å². The summed E-state index contributed by atoms with van der Waals surface area (Å²) < 4.78 is 0. The van der Waals surface area contributed by atoms with E-state index in [4.69, 9.17) is 0 Å². The smallest absolute Gasteiger partial charge is 0.251 e. The maximum Gasteiger partial charge on any atom is 0.251 e. The van der Waals surface area contributed by atoms with E-state index < -0.39 is 0 Å². The summed E-state index contributed by atoms with van der Waals surface area (Å²) in [6.07, 6.45) is 5.21. The number of nitrogens with one attached hydrogen (secondary N) is 1. The summed E-state index contributed by atoms with van der Waals surface area (Å²) >= 11 is 0. The van der Waals surface area contributed by atoms with Crippen LogP contribution in [0, 0.1) is 0 Å². The lowest BCUT2D eigenvalue weighted by Crippen LogP contribution is -2.47. The van der Waals surface area contributed by atoms with Gasteiger partial charge in [0.05, 0.1) is 0 Å². The van der Waals surface area contributed by atoms with Crippen LogP contribution >= 0.6 is 0 Å². The Morgan fingerprint density at radius 2 is 1.57 bits per heavy atom. The first kappa shape index (κ1) is 17.9. The number of aromatic nitrogens is 3. The van der Waals surface area contributed by atoms with Crippen LogP contribution in [0.5, 0.6) is 0 Å². The van der Waals surface area contributed by atoms with Crippen molar-refractivity contribution in [2.45, 2.75) is 6.54 Å². The Morgan fingerprint density at radius 3 is 2.32 bits per heavy atom. The molecule has 0 spiro atoms. The van der Waals surface area contributed by atoms with E-state index in [1.165, 1.54) is 0 Å². The molecule has 0 unspecified atom stereocenters. The summed E-state index contributed by atoms with van der Waals surface area (Å²) in [7, 11) is 0. The van der Waals surface area contributed by atoms with E-state index in [1.54, 1.807) is 24.7 Å². The molecule has 1 aliphatic heterocycles. The number of carbonyl (C=O) groups is 1. The van der Waals surface area contributed by atoms with Gasteiger partial charge in [-0.1, -0.05) is 30.3 Å². The standard InChI is InChI=1S/C21H22N6O/c28-20(25-16-17-5-2-1-3-6-17)18-7-10-22-19(15-18)26-11-13-27(14-12-26)21-23-8-4-9-24-21/h1-10,15H,11-14,16H2,(H,25,28). The van der Waals surface area contributed by atoms with Crippen molar-refractivity contribution >= 4 is 17.7 Å². The molecule has 4 rings (SSSR count). The molecule has 28 heavy (non-hydrogen) atoms. The fourth-order valence-corrected chi connectivity index (χ4v) is 3.20. The molecule has 0 bridgehead atoms. The van der Waals surface area contributed by atoms with Gasteiger partial charge >= 0.3 is 0 Å². The number of hydrogen-bond acceptors (Lipinski definition) is 6. The highest BCUT2D eigenvalue weighted by atomic mass is 16.1. The largest absolute Gasteiger partial charge is 0.353 e. The van der Waals surface area contributed by atoms with Crippen LogP contribution in [0.3, 0.4) is 0 Å². The third kappa shape index (κ3) is 4.25. The Hall–Kier alpha value is -3.48. The van der Waals surface area contributed by atoms with Crippen molar-refractivity contribution in [3.8, 4) is 0 Å². The predicted octanol–water partition coefficient (Wildman–Crippen LogP) is 2.13. The second-order valence-corrected chi connectivity index (χ2v) is 6.59. The third-order valence-electron chi connectivity index (χ3n) is 4.74. The van der Waals surface area contributed by atoms with Crippen molar-refractivity contribution in [1.29, 1.82) is 0 Å². The molecule has 7 heteroatoms. The summed E-state index contributed by atoms with van der Waals surface area (Å²) in [6.45, 7) is 3.75. The van der Waals surface area contributed by atoms with Crippen molar-refractivity contribution in [3.63, 3.8) is 0 Å². The highest BCUT2D eigenvalue weighted by Crippen LogP contribution is 2.17. The second-order valence-electron chi connectivity index (χ2n) is 6.59. The number of amides is 1. The zero-order chi connectivity index (χ0) is 19.2. The summed E-state index contributed by atoms with van der Waals surface area (Å²) in [5, 5.41) is 2.96. The topological polar surface area (TPSA) is 74.2 Å². The zero-order valence-electron chi connectivity index (χ0n) is 15.5. The monoisotopic (exact) mass is 374 g/mol. The molecule has 1 aliphatic rings. The molecule has 3 aromatic rings. The summed E-state index contributed by atoms with van der Waals surface area (Å²) in [5.74, 6) is 1.48. The average molecular weight is 374 g/mol. The van der Waals surface area contributed by atoms with E-state index in [0.717, 1.165) is 43.5 Å². The second kappa shape index (κ2) is 8.47. The fourth-order valence-electron chi connectivity index (χ4n) is 3.20. The van der Waals surface area contributed by atoms with Gasteiger partial charge < -0.3 is 15.1 Å². The van der Waals surface area contributed by atoms with Crippen molar-refractivity contribution in [3.05, 3.63) is 78.2 Å². The molecule has 0 atom stereocenters. The molecule has 0 radical (unpaired) electrons. The number of anilines is 2. The molecule has 7 nitrogen and oxygen atoms in total. The van der Waals surface area contributed by atoms with Crippen LogP contribution in [0.25, 0.3) is 0 Å². The lowest BCUT2D eigenvalue weighted by molar-refractivity contribution is 0.0951. The molecule has 1 fully saturated rings. The number of pyridine rings is 1. The van der Waals surface area contributed by atoms with Gasteiger partial charge in [-0.3, -0.25) is 4.79 Å². The predicted molar refractivity (Wildman–Crippen MR) is 108 cm³/mol. The quantitative estimate of drug-likeness (QED) is 0.737. The summed E-state index contributed by atoms with van der Waals surface area (Å²) in [4.78, 5) is 29.9. The van der Waals surface area contributed by atoms with E-state index in [2.05, 4.69) is 30.1 Å². The number of nitrogens with zero attached hydrogens (tertiary/aromatic N) is 5. The first-order chi connectivity index (χ1) is 13.8. The highest BCUT2D eigenvalue weighted by molar-refractivity contribution is 5.94. The Bertz CT molecular complexity index is 910.